The van der Waals surface area contributed by atoms with E-state index >= 15 is 0 Å². The van der Waals surface area contributed by atoms with E-state index < -0.39 is 12.6 Å². The predicted octanol–water partition coefficient (Wildman–Crippen LogP) is 2.37. The third-order valence-corrected chi connectivity index (χ3v) is 8.67. The van der Waals surface area contributed by atoms with Gasteiger partial charge in [-0.2, -0.15) is 0 Å². The molecule has 4 fully saturated rings. The summed E-state index contributed by atoms with van der Waals surface area (Å²) in [5.74, 6) is 3.11. The van der Waals surface area contributed by atoms with E-state index in [1.54, 1.807) is 0 Å². The Bertz CT molecular complexity index is 427. The molecule has 0 bridgehead atoms. The predicted molar refractivity (Wildman–Crippen MR) is 104 cm³/mol. The number of nitrogens with one attached hydrogen (secondary N) is 1. The second-order valence-electron chi connectivity index (χ2n) is 10.0. The Balaban J connectivity index is 1.40. The van der Waals surface area contributed by atoms with Crippen LogP contribution in [-0.2, 0) is 0 Å². The van der Waals surface area contributed by atoms with Crippen LogP contribution < -0.4 is 5.32 Å². The molecular weight excluding hydrogens is 342 g/mol. The minimum atomic E-state index is -1.14. The average Bonchev–Trinajstić information content (AvgIpc) is 3.08. The molecule has 1 heterocycles. The molecule has 4 aliphatic rings. The summed E-state index contributed by atoms with van der Waals surface area (Å²) >= 11 is 0. The number of hydrogen-bond donors (Lipinski definition) is 5. The molecule has 5 N–H and O–H groups in total. The lowest BCUT2D eigenvalue weighted by Gasteiger charge is -2.38. The smallest absolute Gasteiger partial charge is 0.154 e. The Labute approximate surface area is 163 Å². The normalized spacial score (nSPS) is 46.0. The zero-order valence-electron chi connectivity index (χ0n) is 16.5. The Kier molecular flexibility index (Phi) is 6.44. The van der Waals surface area contributed by atoms with Crippen LogP contribution in [0, 0.1) is 35.5 Å². The first-order chi connectivity index (χ1) is 13.0. The van der Waals surface area contributed by atoms with Gasteiger partial charge in [0.05, 0.1) is 0 Å². The van der Waals surface area contributed by atoms with Crippen molar-refractivity contribution < 1.29 is 20.4 Å². The van der Waals surface area contributed by atoms with Gasteiger partial charge < -0.3 is 25.7 Å². The van der Waals surface area contributed by atoms with Crippen LogP contribution in [0.15, 0.2) is 0 Å². The van der Waals surface area contributed by atoms with Crippen molar-refractivity contribution in [3.05, 3.63) is 0 Å². The zero-order chi connectivity index (χ0) is 19.0. The molecule has 3 saturated carbocycles. The summed E-state index contributed by atoms with van der Waals surface area (Å²) in [7, 11) is 0. The van der Waals surface area contributed by atoms with Crippen molar-refractivity contribution >= 4 is 0 Å². The van der Waals surface area contributed by atoms with E-state index in [1.165, 1.54) is 25.7 Å². The third kappa shape index (κ3) is 4.23. The molecule has 0 aromatic rings. The van der Waals surface area contributed by atoms with Crippen LogP contribution in [-0.4, -0.2) is 45.1 Å². The van der Waals surface area contributed by atoms with Crippen LogP contribution >= 0.6 is 0 Å². The van der Waals surface area contributed by atoms with Gasteiger partial charge in [0.1, 0.15) is 0 Å². The summed E-state index contributed by atoms with van der Waals surface area (Å²) in [5, 5.41) is 42.1. The highest BCUT2D eigenvalue weighted by molar-refractivity contribution is 5.04. The van der Waals surface area contributed by atoms with Gasteiger partial charge >= 0.3 is 0 Å². The Hall–Kier alpha value is -0.200. The van der Waals surface area contributed by atoms with Crippen molar-refractivity contribution in [2.45, 2.75) is 102 Å². The van der Waals surface area contributed by atoms with Gasteiger partial charge in [-0.3, -0.25) is 0 Å². The molecule has 0 amide bonds. The van der Waals surface area contributed by atoms with E-state index in [9.17, 15) is 20.4 Å². The first-order valence-electron chi connectivity index (χ1n) is 11.5. The molecule has 5 nitrogen and oxygen atoms in total. The third-order valence-electron chi connectivity index (χ3n) is 8.67. The molecule has 5 heteroatoms. The van der Waals surface area contributed by atoms with Crippen molar-refractivity contribution in [1.82, 2.24) is 5.32 Å². The molecule has 0 aromatic carbocycles. The number of hydrogen-bond acceptors (Lipinski definition) is 5. The quantitative estimate of drug-likeness (QED) is 0.482. The number of fused-ring (bicyclic) bond motifs is 1. The number of aliphatic hydroxyl groups excluding tert-OH is 2. The Morgan fingerprint density at radius 1 is 0.519 bits per heavy atom. The van der Waals surface area contributed by atoms with Crippen LogP contribution in [0.3, 0.4) is 0 Å². The standard InChI is InChI=1S/C22H39NO4/c24-21(25)15-9-5-13(6-10-15)19-17-3-1-2-4-18(17)20(23-19)14-7-11-16(12-8-14)22(26)27/h13-27H,1-12H2. The number of rotatable bonds is 4. The molecular formula is C22H39NO4. The summed E-state index contributed by atoms with van der Waals surface area (Å²) in [6, 6.07) is 1.22. The van der Waals surface area contributed by atoms with Gasteiger partial charge in [-0.05, 0) is 87.9 Å². The van der Waals surface area contributed by atoms with Crippen LogP contribution in [0.4, 0.5) is 0 Å². The van der Waals surface area contributed by atoms with Crippen molar-refractivity contribution in [3.8, 4) is 0 Å². The van der Waals surface area contributed by atoms with Crippen LogP contribution in [0.25, 0.3) is 0 Å². The van der Waals surface area contributed by atoms with Crippen molar-refractivity contribution in [2.24, 2.45) is 35.5 Å². The Morgan fingerprint density at radius 3 is 1.22 bits per heavy atom. The van der Waals surface area contributed by atoms with E-state index in [1.807, 2.05) is 0 Å². The zero-order valence-corrected chi connectivity index (χ0v) is 16.5. The lowest BCUT2D eigenvalue weighted by atomic mass is 9.67. The maximum absolute atomic E-state index is 9.49. The largest absolute Gasteiger partial charge is 0.368 e. The van der Waals surface area contributed by atoms with Crippen molar-refractivity contribution in [2.75, 3.05) is 0 Å². The van der Waals surface area contributed by atoms with E-state index in [2.05, 4.69) is 5.32 Å². The van der Waals surface area contributed by atoms with Crippen molar-refractivity contribution in [3.63, 3.8) is 0 Å². The van der Waals surface area contributed by atoms with Gasteiger partial charge in [0.25, 0.3) is 0 Å². The highest BCUT2D eigenvalue weighted by Gasteiger charge is 2.49. The lowest BCUT2D eigenvalue weighted by Crippen LogP contribution is -2.43. The average molecular weight is 382 g/mol. The minimum absolute atomic E-state index is 0.0702. The van der Waals surface area contributed by atoms with E-state index in [4.69, 9.17) is 0 Å². The van der Waals surface area contributed by atoms with Gasteiger partial charge in [0.2, 0.25) is 0 Å². The van der Waals surface area contributed by atoms with Gasteiger partial charge in [-0.25, -0.2) is 0 Å². The molecule has 156 valence electrons. The number of aliphatic hydroxyl groups is 4. The highest BCUT2D eigenvalue weighted by Crippen LogP contribution is 2.49. The van der Waals surface area contributed by atoms with Gasteiger partial charge in [-0.1, -0.05) is 12.8 Å². The second kappa shape index (κ2) is 8.66. The summed E-state index contributed by atoms with van der Waals surface area (Å²) in [4.78, 5) is 0. The van der Waals surface area contributed by atoms with Gasteiger partial charge in [-0.15, -0.1) is 0 Å². The topological polar surface area (TPSA) is 93.0 Å². The molecule has 4 unspecified atom stereocenters. The fourth-order valence-electron chi connectivity index (χ4n) is 7.13. The SMILES string of the molecule is OC(O)C1CCC(C2NC(C3CCC(C(O)O)CC3)C3CCCCC32)CC1. The molecule has 0 radical (unpaired) electrons. The molecule has 4 atom stereocenters. The summed E-state index contributed by atoms with van der Waals surface area (Å²) in [5.41, 5.74) is 0. The fraction of sp³-hybridized carbons (Fsp3) is 1.00. The summed E-state index contributed by atoms with van der Waals surface area (Å²) in [6.07, 6.45) is 11.4. The second-order valence-corrected chi connectivity index (χ2v) is 10.0. The highest BCUT2D eigenvalue weighted by atomic mass is 16.5. The van der Waals surface area contributed by atoms with Gasteiger partial charge in [0, 0.05) is 23.9 Å². The molecule has 1 saturated heterocycles. The first kappa shape index (κ1) is 20.1. The van der Waals surface area contributed by atoms with Crippen LogP contribution in [0.2, 0.25) is 0 Å². The van der Waals surface area contributed by atoms with Crippen LogP contribution in [0.1, 0.15) is 77.0 Å². The van der Waals surface area contributed by atoms with Crippen LogP contribution in [0.5, 0.6) is 0 Å². The summed E-state index contributed by atoms with van der Waals surface area (Å²) in [6.45, 7) is 0. The first-order valence-corrected chi connectivity index (χ1v) is 11.5. The fourth-order valence-corrected chi connectivity index (χ4v) is 7.13. The molecule has 0 spiro atoms. The monoisotopic (exact) mass is 381 g/mol. The molecule has 1 aliphatic heterocycles. The minimum Gasteiger partial charge on any atom is -0.368 e. The van der Waals surface area contributed by atoms with E-state index in [0.29, 0.717) is 23.9 Å². The maximum atomic E-state index is 9.49. The van der Waals surface area contributed by atoms with Crippen molar-refractivity contribution in [1.29, 1.82) is 0 Å². The van der Waals surface area contributed by atoms with E-state index in [-0.39, 0.29) is 11.8 Å². The van der Waals surface area contributed by atoms with Gasteiger partial charge in [0.15, 0.2) is 12.6 Å². The Morgan fingerprint density at radius 2 is 0.889 bits per heavy atom. The van der Waals surface area contributed by atoms with E-state index in [0.717, 1.165) is 63.2 Å². The summed E-state index contributed by atoms with van der Waals surface area (Å²) < 4.78 is 0. The molecule has 3 aliphatic carbocycles. The molecule has 27 heavy (non-hydrogen) atoms. The lowest BCUT2D eigenvalue weighted by molar-refractivity contribution is -0.0971. The molecule has 4 rings (SSSR count). The molecule has 0 aromatic heterocycles. The maximum Gasteiger partial charge on any atom is 0.154 e.